The number of nitrogens with one attached hydrogen (secondary N) is 2. The lowest BCUT2D eigenvalue weighted by molar-refractivity contribution is 0.165. The number of hydrogen-bond donors (Lipinski definition) is 3. The summed E-state index contributed by atoms with van der Waals surface area (Å²) in [7, 11) is 0. The molecule has 5 nitrogen and oxygen atoms in total. The molecule has 0 bridgehead atoms. The van der Waals surface area contributed by atoms with E-state index in [1.807, 2.05) is 12.1 Å². The van der Waals surface area contributed by atoms with Crippen molar-refractivity contribution in [1.29, 1.82) is 0 Å². The van der Waals surface area contributed by atoms with Crippen molar-refractivity contribution in [2.75, 3.05) is 23.8 Å². The van der Waals surface area contributed by atoms with Gasteiger partial charge in [0.15, 0.2) is 0 Å². The van der Waals surface area contributed by atoms with Crippen LogP contribution >= 0.6 is 0 Å². The van der Waals surface area contributed by atoms with Crippen molar-refractivity contribution in [1.82, 2.24) is 0 Å². The van der Waals surface area contributed by atoms with E-state index < -0.39 is 6.09 Å². The van der Waals surface area contributed by atoms with Crippen LogP contribution in [-0.2, 0) is 11.3 Å². The highest BCUT2D eigenvalue weighted by Gasteiger charge is 2.02. The van der Waals surface area contributed by atoms with Gasteiger partial charge in [0.05, 0.1) is 0 Å². The van der Waals surface area contributed by atoms with Crippen LogP contribution in [0.2, 0.25) is 0 Å². The topological polar surface area (TPSA) is 76.4 Å². The van der Waals surface area contributed by atoms with E-state index in [0.717, 1.165) is 11.3 Å². The van der Waals surface area contributed by atoms with E-state index in [9.17, 15) is 9.18 Å². The monoisotopic (exact) mass is 303 g/mol. The number of halogens is 1. The van der Waals surface area contributed by atoms with E-state index in [0.29, 0.717) is 18.8 Å². The largest absolute Gasteiger partial charge is 0.448 e. The van der Waals surface area contributed by atoms with Crippen LogP contribution in [0.5, 0.6) is 0 Å². The fraction of sp³-hybridized carbons (Fsp3) is 0.188. The summed E-state index contributed by atoms with van der Waals surface area (Å²) >= 11 is 0. The molecule has 0 aliphatic rings. The Hall–Kier alpha value is -2.60. The van der Waals surface area contributed by atoms with E-state index in [2.05, 4.69) is 10.6 Å². The molecule has 1 amide bonds. The van der Waals surface area contributed by atoms with Gasteiger partial charge in [0.2, 0.25) is 0 Å². The summed E-state index contributed by atoms with van der Waals surface area (Å²) in [5.74, 6) is -0.249. The first-order valence-corrected chi connectivity index (χ1v) is 6.89. The van der Waals surface area contributed by atoms with Gasteiger partial charge in [-0.1, -0.05) is 12.1 Å². The first-order chi connectivity index (χ1) is 10.7. The summed E-state index contributed by atoms with van der Waals surface area (Å²) in [6.45, 7) is 1.06. The third-order valence-corrected chi connectivity index (χ3v) is 2.89. The van der Waals surface area contributed by atoms with E-state index in [-0.39, 0.29) is 12.4 Å². The van der Waals surface area contributed by atoms with Crippen molar-refractivity contribution < 1.29 is 13.9 Å². The number of benzene rings is 2. The van der Waals surface area contributed by atoms with Crippen LogP contribution in [0.1, 0.15) is 5.56 Å². The maximum atomic E-state index is 12.8. The summed E-state index contributed by atoms with van der Waals surface area (Å²) in [5, 5.41) is 5.81. The molecule has 22 heavy (non-hydrogen) atoms. The Labute approximate surface area is 128 Å². The second kappa shape index (κ2) is 7.99. The minimum Gasteiger partial charge on any atom is -0.448 e. The van der Waals surface area contributed by atoms with Crippen molar-refractivity contribution >= 4 is 17.5 Å². The first-order valence-electron chi connectivity index (χ1n) is 6.89. The predicted octanol–water partition coefficient (Wildman–Crippen LogP) is 2.95. The zero-order chi connectivity index (χ0) is 15.8. The lowest BCUT2D eigenvalue weighted by atomic mass is 10.2. The minimum absolute atomic E-state index is 0.184. The number of hydrogen-bond acceptors (Lipinski definition) is 4. The molecule has 0 aromatic heterocycles. The summed E-state index contributed by atoms with van der Waals surface area (Å²) in [6, 6.07) is 13.5. The third-order valence-electron chi connectivity index (χ3n) is 2.89. The van der Waals surface area contributed by atoms with E-state index in [1.54, 1.807) is 24.3 Å². The highest BCUT2D eigenvalue weighted by Crippen LogP contribution is 2.15. The Kier molecular flexibility index (Phi) is 5.73. The van der Waals surface area contributed by atoms with Gasteiger partial charge >= 0.3 is 6.09 Å². The summed E-state index contributed by atoms with van der Waals surface area (Å²) in [6.07, 6.45) is -0.530. The number of amides is 1. The maximum Gasteiger partial charge on any atom is 0.411 e. The summed E-state index contributed by atoms with van der Waals surface area (Å²) in [5.41, 5.74) is 7.75. The Morgan fingerprint density at radius 2 is 1.68 bits per heavy atom. The molecule has 0 radical (unpaired) electrons. The molecule has 0 saturated carbocycles. The molecule has 2 rings (SSSR count). The zero-order valence-corrected chi connectivity index (χ0v) is 12.0. The standard InChI is InChI=1S/C16H18FN3O2/c17-13-3-1-12(2-4-13)11-19-14-5-7-15(8-6-14)20-16(21)22-10-9-18/h1-8,19H,9-11,18H2,(H,20,21). The minimum atomic E-state index is -0.530. The van der Waals surface area contributed by atoms with Crippen LogP contribution in [0.4, 0.5) is 20.6 Å². The molecular weight excluding hydrogens is 285 g/mol. The van der Waals surface area contributed by atoms with Gasteiger partial charge < -0.3 is 15.8 Å². The normalized spacial score (nSPS) is 10.1. The molecule has 6 heteroatoms. The fourth-order valence-corrected chi connectivity index (χ4v) is 1.78. The molecule has 0 spiro atoms. The van der Waals surface area contributed by atoms with E-state index >= 15 is 0 Å². The second-order valence-electron chi connectivity index (χ2n) is 4.61. The number of ether oxygens (including phenoxy) is 1. The van der Waals surface area contributed by atoms with E-state index in [4.69, 9.17) is 10.5 Å². The molecule has 2 aromatic rings. The van der Waals surface area contributed by atoms with Crippen LogP contribution in [0.3, 0.4) is 0 Å². The first kappa shape index (κ1) is 15.8. The zero-order valence-electron chi connectivity index (χ0n) is 12.0. The molecule has 0 heterocycles. The van der Waals surface area contributed by atoms with Gasteiger partial charge in [0.25, 0.3) is 0 Å². The van der Waals surface area contributed by atoms with Gasteiger partial charge in [-0.05, 0) is 42.0 Å². The lowest BCUT2D eigenvalue weighted by Crippen LogP contribution is -2.18. The van der Waals surface area contributed by atoms with Crippen molar-refractivity contribution in [2.45, 2.75) is 6.54 Å². The number of carbonyl (C=O) groups is 1. The molecule has 116 valence electrons. The summed E-state index contributed by atoms with van der Waals surface area (Å²) in [4.78, 5) is 11.4. The van der Waals surface area contributed by atoms with Crippen LogP contribution in [0.15, 0.2) is 48.5 Å². The van der Waals surface area contributed by atoms with Crippen LogP contribution in [0.25, 0.3) is 0 Å². The van der Waals surface area contributed by atoms with Crippen molar-refractivity contribution in [3.63, 3.8) is 0 Å². The Bertz CT molecular complexity index is 600. The smallest absolute Gasteiger partial charge is 0.411 e. The van der Waals surface area contributed by atoms with Gasteiger partial charge in [-0.3, -0.25) is 5.32 Å². The average Bonchev–Trinajstić information content (AvgIpc) is 2.54. The molecule has 0 atom stereocenters. The molecule has 0 saturated heterocycles. The average molecular weight is 303 g/mol. The Balaban J connectivity index is 1.83. The molecule has 0 aliphatic carbocycles. The number of nitrogens with two attached hydrogens (primary N) is 1. The molecular formula is C16H18FN3O2. The van der Waals surface area contributed by atoms with Crippen LogP contribution in [-0.4, -0.2) is 19.2 Å². The van der Waals surface area contributed by atoms with Gasteiger partial charge in [-0.2, -0.15) is 0 Å². The van der Waals surface area contributed by atoms with E-state index in [1.165, 1.54) is 12.1 Å². The SMILES string of the molecule is NCCOC(=O)Nc1ccc(NCc2ccc(F)cc2)cc1. The molecule has 0 fully saturated rings. The predicted molar refractivity (Wildman–Crippen MR) is 84.2 cm³/mol. The molecule has 0 unspecified atom stereocenters. The number of carbonyl (C=O) groups excluding carboxylic acids is 1. The quantitative estimate of drug-likeness (QED) is 0.767. The molecule has 4 N–H and O–H groups in total. The summed E-state index contributed by atoms with van der Waals surface area (Å²) < 4.78 is 17.6. The second-order valence-corrected chi connectivity index (χ2v) is 4.61. The maximum absolute atomic E-state index is 12.8. The number of rotatable bonds is 6. The lowest BCUT2D eigenvalue weighted by Gasteiger charge is -2.09. The van der Waals surface area contributed by atoms with Crippen LogP contribution < -0.4 is 16.4 Å². The fourth-order valence-electron chi connectivity index (χ4n) is 1.78. The molecule has 2 aromatic carbocycles. The highest BCUT2D eigenvalue weighted by molar-refractivity contribution is 5.84. The van der Waals surface area contributed by atoms with Crippen molar-refractivity contribution in [3.8, 4) is 0 Å². The van der Waals surface area contributed by atoms with Gasteiger partial charge in [0, 0.05) is 24.5 Å². The Morgan fingerprint density at radius 1 is 1.05 bits per heavy atom. The highest BCUT2D eigenvalue weighted by atomic mass is 19.1. The van der Waals surface area contributed by atoms with Crippen molar-refractivity contribution in [2.24, 2.45) is 5.73 Å². The van der Waals surface area contributed by atoms with Crippen LogP contribution in [0, 0.1) is 5.82 Å². The van der Waals surface area contributed by atoms with Gasteiger partial charge in [0.1, 0.15) is 12.4 Å². The molecule has 0 aliphatic heterocycles. The van der Waals surface area contributed by atoms with Gasteiger partial charge in [-0.15, -0.1) is 0 Å². The Morgan fingerprint density at radius 3 is 2.32 bits per heavy atom. The number of anilines is 2. The van der Waals surface area contributed by atoms with Crippen molar-refractivity contribution in [3.05, 3.63) is 59.9 Å². The third kappa shape index (κ3) is 5.06. The van der Waals surface area contributed by atoms with Gasteiger partial charge in [-0.25, -0.2) is 9.18 Å².